The summed E-state index contributed by atoms with van der Waals surface area (Å²) in [6.07, 6.45) is 2.53. The molecule has 116 valence electrons. The van der Waals surface area contributed by atoms with Crippen LogP contribution in [0, 0.1) is 0 Å². The molecule has 21 heavy (non-hydrogen) atoms. The normalized spacial score (nSPS) is 11.4. The van der Waals surface area contributed by atoms with Crippen molar-refractivity contribution in [2.75, 3.05) is 33.5 Å². The summed E-state index contributed by atoms with van der Waals surface area (Å²) in [4.78, 5) is 8.57. The second-order valence-corrected chi connectivity index (χ2v) is 4.81. The van der Waals surface area contributed by atoms with Gasteiger partial charge in [-0.3, -0.25) is 4.68 Å². The maximum Gasteiger partial charge on any atom is 0.162 e. The Labute approximate surface area is 128 Å². The number of nitrogens with zero attached hydrogens (tertiary/aromatic N) is 4. The van der Waals surface area contributed by atoms with Gasteiger partial charge in [0.1, 0.15) is 11.8 Å². The third kappa shape index (κ3) is 4.60. The van der Waals surface area contributed by atoms with Gasteiger partial charge in [-0.2, -0.15) is 5.10 Å². The summed E-state index contributed by atoms with van der Waals surface area (Å²) in [6, 6.07) is 0. The Morgan fingerprint density at radius 1 is 1.14 bits per heavy atom. The van der Waals surface area contributed by atoms with Crippen molar-refractivity contribution in [3.8, 4) is 0 Å². The van der Waals surface area contributed by atoms with E-state index in [2.05, 4.69) is 15.1 Å². The zero-order chi connectivity index (χ0) is 15.1. The van der Waals surface area contributed by atoms with Gasteiger partial charge in [-0.25, -0.2) is 9.97 Å². The van der Waals surface area contributed by atoms with Crippen LogP contribution < -0.4 is 0 Å². The first kappa shape index (κ1) is 16.1. The Morgan fingerprint density at radius 2 is 1.95 bits per heavy atom. The molecule has 8 heteroatoms. The van der Waals surface area contributed by atoms with Crippen molar-refractivity contribution in [3.63, 3.8) is 0 Å². The molecule has 0 aromatic carbocycles. The number of aromatic nitrogens is 4. The Bertz CT molecular complexity index is 576. The molecule has 0 unspecified atom stereocenters. The van der Waals surface area contributed by atoms with Crippen LogP contribution in [0.25, 0.3) is 11.0 Å². The van der Waals surface area contributed by atoms with E-state index in [-0.39, 0.29) is 0 Å². The van der Waals surface area contributed by atoms with Crippen LogP contribution in [0.3, 0.4) is 0 Å². The van der Waals surface area contributed by atoms with E-state index >= 15 is 0 Å². The molecule has 2 aromatic heterocycles. The summed E-state index contributed by atoms with van der Waals surface area (Å²) in [7, 11) is 3.48. The SMILES string of the molecule is COCCCOCCOCc1nc(Cl)c2cnn(C)c2n1. The van der Waals surface area contributed by atoms with Crippen LogP contribution in [0.2, 0.25) is 5.15 Å². The van der Waals surface area contributed by atoms with Crippen LogP contribution in [-0.2, 0) is 27.9 Å². The molecular weight excluding hydrogens is 296 g/mol. The second-order valence-electron chi connectivity index (χ2n) is 4.45. The first-order valence-corrected chi connectivity index (χ1v) is 7.08. The molecule has 0 aliphatic rings. The molecule has 0 bridgehead atoms. The van der Waals surface area contributed by atoms with Gasteiger partial charge in [0.2, 0.25) is 0 Å². The lowest BCUT2D eigenvalue weighted by Crippen LogP contribution is -2.08. The lowest BCUT2D eigenvalue weighted by atomic mass is 10.4. The zero-order valence-electron chi connectivity index (χ0n) is 12.2. The fourth-order valence-electron chi connectivity index (χ4n) is 1.78. The molecule has 2 aromatic rings. The van der Waals surface area contributed by atoms with E-state index in [1.807, 2.05) is 7.05 Å². The van der Waals surface area contributed by atoms with E-state index in [1.54, 1.807) is 18.0 Å². The van der Waals surface area contributed by atoms with Crippen LogP contribution in [0.5, 0.6) is 0 Å². The van der Waals surface area contributed by atoms with Gasteiger partial charge in [-0.15, -0.1) is 0 Å². The molecular formula is C13H19ClN4O3. The molecule has 0 aliphatic heterocycles. The maximum atomic E-state index is 6.09. The Balaban J connectivity index is 1.75. The third-order valence-electron chi connectivity index (χ3n) is 2.83. The maximum absolute atomic E-state index is 6.09. The molecule has 7 nitrogen and oxygen atoms in total. The summed E-state index contributed by atoms with van der Waals surface area (Å²) in [6.45, 7) is 2.68. The van der Waals surface area contributed by atoms with E-state index in [0.717, 1.165) is 11.8 Å². The molecule has 0 N–H and O–H groups in total. The number of hydrogen-bond donors (Lipinski definition) is 0. The summed E-state index contributed by atoms with van der Waals surface area (Å²) in [5.74, 6) is 0.537. The van der Waals surface area contributed by atoms with E-state index < -0.39 is 0 Å². The van der Waals surface area contributed by atoms with Crippen molar-refractivity contribution in [1.29, 1.82) is 0 Å². The average molecular weight is 315 g/mol. The lowest BCUT2D eigenvalue weighted by Gasteiger charge is -2.06. The van der Waals surface area contributed by atoms with Crippen LogP contribution in [-0.4, -0.2) is 53.3 Å². The van der Waals surface area contributed by atoms with E-state index in [1.165, 1.54) is 0 Å². The van der Waals surface area contributed by atoms with Crippen molar-refractivity contribution < 1.29 is 14.2 Å². The van der Waals surface area contributed by atoms with Crippen molar-refractivity contribution in [2.45, 2.75) is 13.0 Å². The smallest absolute Gasteiger partial charge is 0.162 e. The number of methoxy groups -OCH3 is 1. The van der Waals surface area contributed by atoms with Crippen molar-refractivity contribution in [1.82, 2.24) is 19.7 Å². The van der Waals surface area contributed by atoms with Gasteiger partial charge in [-0.05, 0) is 6.42 Å². The number of aryl methyl sites for hydroxylation is 1. The predicted molar refractivity (Wildman–Crippen MR) is 78.3 cm³/mol. The van der Waals surface area contributed by atoms with Crippen molar-refractivity contribution in [2.24, 2.45) is 7.05 Å². The Hall–Kier alpha value is -1.28. The largest absolute Gasteiger partial charge is 0.385 e. The van der Waals surface area contributed by atoms with E-state index in [0.29, 0.717) is 49.7 Å². The molecule has 0 spiro atoms. The summed E-state index contributed by atoms with van der Waals surface area (Å²) >= 11 is 6.09. The van der Waals surface area contributed by atoms with Crippen LogP contribution in [0.15, 0.2) is 6.20 Å². The highest BCUT2D eigenvalue weighted by Crippen LogP contribution is 2.19. The first-order valence-electron chi connectivity index (χ1n) is 6.71. The fourth-order valence-corrected chi connectivity index (χ4v) is 2.01. The van der Waals surface area contributed by atoms with Gasteiger partial charge in [0.25, 0.3) is 0 Å². The third-order valence-corrected chi connectivity index (χ3v) is 3.12. The van der Waals surface area contributed by atoms with Crippen LogP contribution >= 0.6 is 11.6 Å². The molecule has 0 amide bonds. The van der Waals surface area contributed by atoms with Gasteiger partial charge in [-0.1, -0.05) is 11.6 Å². The fraction of sp³-hybridized carbons (Fsp3) is 0.615. The van der Waals surface area contributed by atoms with Gasteiger partial charge in [0.15, 0.2) is 11.5 Å². The number of halogens is 1. The second kappa shape index (κ2) is 8.23. The predicted octanol–water partition coefficient (Wildman–Crippen LogP) is 1.59. The van der Waals surface area contributed by atoms with Gasteiger partial charge in [0.05, 0.1) is 24.8 Å². The highest BCUT2D eigenvalue weighted by atomic mass is 35.5. The quantitative estimate of drug-likeness (QED) is 0.517. The minimum atomic E-state index is 0.294. The molecule has 0 aliphatic carbocycles. The van der Waals surface area contributed by atoms with Crippen molar-refractivity contribution in [3.05, 3.63) is 17.2 Å². The molecule has 0 atom stereocenters. The highest BCUT2D eigenvalue weighted by Gasteiger charge is 2.09. The van der Waals surface area contributed by atoms with Crippen LogP contribution in [0.1, 0.15) is 12.2 Å². The molecule has 2 rings (SSSR count). The Kier molecular flexibility index (Phi) is 6.31. The number of fused-ring (bicyclic) bond motifs is 1. The van der Waals surface area contributed by atoms with Crippen LogP contribution in [0.4, 0.5) is 0 Å². The lowest BCUT2D eigenvalue weighted by molar-refractivity contribution is 0.0318. The average Bonchev–Trinajstić information content (AvgIpc) is 2.84. The molecule has 0 radical (unpaired) electrons. The van der Waals surface area contributed by atoms with Crippen molar-refractivity contribution >= 4 is 22.6 Å². The minimum Gasteiger partial charge on any atom is -0.385 e. The minimum absolute atomic E-state index is 0.294. The number of rotatable bonds is 9. The molecule has 2 heterocycles. The molecule has 0 fully saturated rings. The monoisotopic (exact) mass is 314 g/mol. The topological polar surface area (TPSA) is 71.3 Å². The summed E-state index contributed by atoms with van der Waals surface area (Å²) in [5, 5.41) is 5.23. The molecule has 0 saturated heterocycles. The number of hydrogen-bond acceptors (Lipinski definition) is 6. The van der Waals surface area contributed by atoms with Gasteiger partial charge >= 0.3 is 0 Å². The molecule has 0 saturated carbocycles. The zero-order valence-corrected chi connectivity index (χ0v) is 13.0. The van der Waals surface area contributed by atoms with E-state index in [4.69, 9.17) is 25.8 Å². The standard InChI is InChI=1S/C13H19ClN4O3/c1-18-13-10(8-15-18)12(14)16-11(17-13)9-21-7-6-20-5-3-4-19-2/h8H,3-7,9H2,1-2H3. The highest BCUT2D eigenvalue weighted by molar-refractivity contribution is 6.33. The Morgan fingerprint density at radius 3 is 2.76 bits per heavy atom. The summed E-state index contributed by atoms with van der Waals surface area (Å²) < 4.78 is 17.5. The first-order chi connectivity index (χ1) is 10.2. The van der Waals surface area contributed by atoms with Gasteiger partial charge < -0.3 is 14.2 Å². The summed E-state index contributed by atoms with van der Waals surface area (Å²) in [5.41, 5.74) is 0.699. The van der Waals surface area contributed by atoms with Gasteiger partial charge in [0, 0.05) is 27.4 Å². The van der Waals surface area contributed by atoms with E-state index in [9.17, 15) is 0 Å². The number of ether oxygens (including phenoxy) is 3.